The molecule has 3 heterocycles. The fourth-order valence-electron chi connectivity index (χ4n) is 8.94. The number of sulfonamides is 1. The number of unbranched alkanes of at least 4 members (excludes halogenated alkanes) is 1. The number of aromatic amines is 1. The Morgan fingerprint density at radius 1 is 0.959 bits per heavy atom. The first-order chi connectivity index (χ1) is 23.1. The second-order valence-electron chi connectivity index (χ2n) is 15.0. The minimum absolute atomic E-state index is 0. The molecule has 2 amide bonds. The molecule has 4 fully saturated rings. The lowest BCUT2D eigenvalue weighted by atomic mass is 9.78. The number of piperidine rings is 1. The molecule has 10 nitrogen and oxygen atoms in total. The topological polar surface area (TPSA) is 128 Å². The van der Waals surface area contributed by atoms with Crippen LogP contribution in [0.5, 0.6) is 0 Å². The number of carbonyl (C=O) groups is 2. The van der Waals surface area contributed by atoms with Gasteiger partial charge in [0.05, 0.1) is 16.6 Å². The quantitative estimate of drug-likeness (QED) is 0.259. The maximum Gasteiger partial charge on any atom is 0.246 e. The summed E-state index contributed by atoms with van der Waals surface area (Å²) in [7, 11) is -3.62. The van der Waals surface area contributed by atoms with Gasteiger partial charge in [0, 0.05) is 36.9 Å². The maximum atomic E-state index is 14.1. The van der Waals surface area contributed by atoms with Crippen molar-refractivity contribution in [2.45, 2.75) is 146 Å². The lowest BCUT2D eigenvalue weighted by Gasteiger charge is -2.53. The number of nitrogens with zero attached hydrogens (tertiary/aromatic N) is 3. The molecule has 6 rings (SSSR count). The third kappa shape index (κ3) is 8.05. The molecule has 4 aliphatic rings. The average molecular weight is 717 g/mol. The van der Waals surface area contributed by atoms with Gasteiger partial charge in [0.2, 0.25) is 21.8 Å². The van der Waals surface area contributed by atoms with Crippen LogP contribution in [0.25, 0.3) is 0 Å². The van der Waals surface area contributed by atoms with E-state index in [1.807, 2.05) is 30.9 Å². The number of hydrogen-bond donors (Lipinski definition) is 3. The molecule has 3 N–H and O–H groups in total. The molecule has 0 bridgehead atoms. The third-order valence-electron chi connectivity index (χ3n) is 11.7. The number of nitrogens with one attached hydrogen (secondary N) is 3. The molecule has 2 aliphatic carbocycles. The van der Waals surface area contributed by atoms with Crippen LogP contribution in [-0.2, 0) is 19.6 Å². The predicted octanol–water partition coefficient (Wildman–Crippen LogP) is 6.08. The van der Waals surface area contributed by atoms with Gasteiger partial charge in [-0.15, -0.1) is 12.4 Å². The number of aryl methyl sites for hydroxylation is 2. The summed E-state index contributed by atoms with van der Waals surface area (Å²) >= 11 is 0. The smallest absolute Gasteiger partial charge is 0.246 e. The second kappa shape index (κ2) is 16.3. The van der Waals surface area contributed by atoms with Crippen molar-refractivity contribution < 1.29 is 18.0 Å². The standard InChI is InChI=1S/C37H56N6O4S.ClH/c1-4-5-22-43-35(44)32(25-28-12-8-6-9-13-28)38-36(45)37(43)20-23-42(24-21-37)34(33-26(2)39-40-27(33)3)29-16-18-31(19-17-29)48(46,47)41-30-14-10-7-11-15-30;/h16-19,28,30,32,34,41H,4-15,20-25H2,1-3H3,(H,38,45)(H,39,40);1H/t32-,34?;/m0./s1. The number of carbonyl (C=O) groups excluding carboxylic acids is 2. The van der Waals surface area contributed by atoms with Crippen LogP contribution in [0.3, 0.4) is 0 Å². The van der Waals surface area contributed by atoms with Crippen LogP contribution < -0.4 is 10.0 Å². The predicted molar refractivity (Wildman–Crippen MR) is 194 cm³/mol. The number of aromatic nitrogens is 2. The summed E-state index contributed by atoms with van der Waals surface area (Å²) in [5.74, 6) is 0.605. The van der Waals surface area contributed by atoms with Gasteiger partial charge in [-0.3, -0.25) is 19.6 Å². The number of piperazine rings is 1. The second-order valence-corrected chi connectivity index (χ2v) is 16.7. The van der Waals surface area contributed by atoms with Gasteiger partial charge >= 0.3 is 0 Å². The number of H-pyrrole nitrogens is 1. The van der Waals surface area contributed by atoms with E-state index in [0.717, 1.165) is 86.7 Å². The minimum Gasteiger partial charge on any atom is -0.342 e. The van der Waals surface area contributed by atoms with Crippen molar-refractivity contribution in [1.29, 1.82) is 0 Å². The highest BCUT2D eigenvalue weighted by Crippen LogP contribution is 2.41. The molecule has 2 aromatic rings. The summed E-state index contributed by atoms with van der Waals surface area (Å²) in [5.41, 5.74) is 3.07. The molecule has 1 spiro atoms. The van der Waals surface area contributed by atoms with Gasteiger partial charge in [-0.05, 0) is 76.0 Å². The Hall–Kier alpha value is -2.47. The fourth-order valence-corrected chi connectivity index (χ4v) is 10.2. The van der Waals surface area contributed by atoms with Crippen molar-refractivity contribution in [3.63, 3.8) is 0 Å². The highest BCUT2D eigenvalue weighted by atomic mass is 35.5. The van der Waals surface area contributed by atoms with Crippen molar-refractivity contribution in [2.75, 3.05) is 19.6 Å². The van der Waals surface area contributed by atoms with Crippen LogP contribution in [0.2, 0.25) is 0 Å². The van der Waals surface area contributed by atoms with Crippen LogP contribution in [-0.4, -0.2) is 77.5 Å². The SMILES string of the molecule is CCCCN1C(=O)[C@H](CC2CCCCC2)NC(=O)C12CCN(C(c1ccc(S(=O)(=O)NC3CCCCC3)cc1)c1c(C)n[nH]c1C)CC2.Cl. The van der Waals surface area contributed by atoms with Crippen molar-refractivity contribution in [1.82, 2.24) is 30.0 Å². The van der Waals surface area contributed by atoms with E-state index in [2.05, 4.69) is 32.1 Å². The van der Waals surface area contributed by atoms with Crippen molar-refractivity contribution in [3.05, 3.63) is 46.8 Å². The summed E-state index contributed by atoms with van der Waals surface area (Å²) in [4.78, 5) is 32.8. The Morgan fingerprint density at radius 3 is 2.18 bits per heavy atom. The van der Waals surface area contributed by atoms with Gasteiger partial charge in [0.1, 0.15) is 11.6 Å². The van der Waals surface area contributed by atoms with E-state index in [4.69, 9.17) is 0 Å². The molecular formula is C37H57ClN6O4S. The zero-order chi connectivity index (χ0) is 33.9. The number of halogens is 1. The molecule has 2 aliphatic heterocycles. The van der Waals surface area contributed by atoms with E-state index < -0.39 is 21.6 Å². The fraction of sp³-hybridized carbons (Fsp3) is 0.703. The van der Waals surface area contributed by atoms with Crippen LogP contribution in [0.1, 0.15) is 132 Å². The number of hydrogen-bond acceptors (Lipinski definition) is 6. The van der Waals surface area contributed by atoms with Crippen molar-refractivity contribution >= 4 is 34.2 Å². The van der Waals surface area contributed by atoms with E-state index in [1.165, 1.54) is 19.3 Å². The monoisotopic (exact) mass is 716 g/mol. The summed E-state index contributed by atoms with van der Waals surface area (Å²) in [5, 5.41) is 10.9. The van der Waals surface area contributed by atoms with Gasteiger partial charge in [0.25, 0.3) is 0 Å². The van der Waals surface area contributed by atoms with Gasteiger partial charge in [0.15, 0.2) is 0 Å². The molecule has 12 heteroatoms. The van der Waals surface area contributed by atoms with Gasteiger partial charge < -0.3 is 10.2 Å². The van der Waals surface area contributed by atoms with Crippen molar-refractivity contribution in [2.24, 2.45) is 5.92 Å². The lowest BCUT2D eigenvalue weighted by Crippen LogP contribution is -2.73. The summed E-state index contributed by atoms with van der Waals surface area (Å²) in [6, 6.07) is 6.69. The zero-order valence-electron chi connectivity index (χ0n) is 29.6. The molecule has 1 aromatic heterocycles. The molecular weight excluding hydrogens is 660 g/mol. The van der Waals surface area contributed by atoms with E-state index >= 15 is 0 Å². The first kappa shape index (κ1) is 37.8. The molecule has 2 saturated carbocycles. The largest absolute Gasteiger partial charge is 0.342 e. The number of benzene rings is 1. The van der Waals surface area contributed by atoms with Gasteiger partial charge in [-0.2, -0.15) is 5.10 Å². The van der Waals surface area contributed by atoms with Crippen molar-refractivity contribution in [3.8, 4) is 0 Å². The van der Waals surface area contributed by atoms with Gasteiger partial charge in [-0.1, -0.05) is 76.8 Å². The third-order valence-corrected chi connectivity index (χ3v) is 13.3. The lowest BCUT2D eigenvalue weighted by molar-refractivity contribution is -0.162. The highest BCUT2D eigenvalue weighted by Gasteiger charge is 2.54. The van der Waals surface area contributed by atoms with Gasteiger partial charge in [-0.25, -0.2) is 13.1 Å². The van der Waals surface area contributed by atoms with E-state index in [9.17, 15) is 18.0 Å². The zero-order valence-corrected chi connectivity index (χ0v) is 31.3. The molecule has 0 radical (unpaired) electrons. The van der Waals surface area contributed by atoms with Crippen LogP contribution in [0.15, 0.2) is 29.2 Å². The Balaban J connectivity index is 0.00000468. The molecule has 2 saturated heterocycles. The van der Waals surface area contributed by atoms with E-state index in [1.54, 1.807) is 12.1 Å². The first-order valence-corrected chi connectivity index (χ1v) is 20.1. The molecule has 1 unspecified atom stereocenters. The van der Waals surface area contributed by atoms with Crippen LogP contribution in [0, 0.1) is 19.8 Å². The Labute approximate surface area is 299 Å². The molecule has 49 heavy (non-hydrogen) atoms. The molecule has 272 valence electrons. The first-order valence-electron chi connectivity index (χ1n) is 18.6. The number of amides is 2. The maximum absolute atomic E-state index is 14.1. The summed E-state index contributed by atoms with van der Waals surface area (Å²) in [6.45, 7) is 8.00. The van der Waals surface area contributed by atoms with Crippen LogP contribution >= 0.6 is 12.4 Å². The van der Waals surface area contributed by atoms with E-state index in [-0.39, 0.29) is 41.2 Å². The summed E-state index contributed by atoms with van der Waals surface area (Å²) < 4.78 is 29.5. The Morgan fingerprint density at radius 2 is 1.59 bits per heavy atom. The number of rotatable bonds is 11. The Kier molecular flexibility index (Phi) is 12.5. The number of likely N-dealkylation sites (tertiary alicyclic amines) is 1. The van der Waals surface area contributed by atoms with Crippen LogP contribution in [0.4, 0.5) is 0 Å². The Bertz CT molecular complexity index is 1510. The summed E-state index contributed by atoms with van der Waals surface area (Å²) in [6.07, 6.45) is 14.7. The molecule has 1 aromatic carbocycles. The molecule has 2 atom stereocenters. The minimum atomic E-state index is -3.62. The normalized spacial score (nSPS) is 23.3. The average Bonchev–Trinajstić information content (AvgIpc) is 3.42. The van der Waals surface area contributed by atoms with E-state index in [0.29, 0.717) is 38.4 Å². The highest BCUT2D eigenvalue weighted by molar-refractivity contribution is 7.89.